The van der Waals surface area contributed by atoms with E-state index in [0.717, 1.165) is 11.1 Å². The lowest BCUT2D eigenvalue weighted by molar-refractivity contribution is -0.555. The number of hydrogen-bond donors (Lipinski definition) is 3. The molecule has 9 heteroatoms. The van der Waals surface area contributed by atoms with Gasteiger partial charge in [-0.2, -0.15) is 0 Å². The molecule has 1 atom stereocenters. The van der Waals surface area contributed by atoms with Crippen molar-refractivity contribution in [2.75, 3.05) is 33.0 Å². The molecule has 0 saturated heterocycles. The fourth-order valence-electron chi connectivity index (χ4n) is 4.02. The predicted molar refractivity (Wildman–Crippen MR) is 138 cm³/mol. The van der Waals surface area contributed by atoms with E-state index in [-0.39, 0.29) is 11.8 Å². The summed E-state index contributed by atoms with van der Waals surface area (Å²) in [6, 6.07) is 10.6. The Morgan fingerprint density at radius 1 is 1.20 bits per heavy atom. The highest BCUT2D eigenvalue weighted by Gasteiger charge is 2.18. The number of rotatable bonds is 9. The molecule has 8 nitrogen and oxygen atoms in total. The van der Waals surface area contributed by atoms with Crippen LogP contribution in [-0.2, 0) is 0 Å². The van der Waals surface area contributed by atoms with Gasteiger partial charge in [-0.05, 0) is 63.0 Å². The van der Waals surface area contributed by atoms with Gasteiger partial charge in [0.15, 0.2) is 5.82 Å². The van der Waals surface area contributed by atoms with E-state index in [1.807, 2.05) is 56.6 Å². The van der Waals surface area contributed by atoms with Crippen LogP contribution < -0.4 is 15.4 Å². The molecule has 0 radical (unpaired) electrons. The Hall–Kier alpha value is -3.95. The van der Waals surface area contributed by atoms with Crippen LogP contribution in [0.3, 0.4) is 0 Å². The van der Waals surface area contributed by atoms with Crippen LogP contribution in [0.1, 0.15) is 12.5 Å². The number of anilines is 2. The number of aromatic nitrogens is 3. The van der Waals surface area contributed by atoms with Gasteiger partial charge < -0.3 is 25.7 Å². The maximum absolute atomic E-state index is 15.3. The van der Waals surface area contributed by atoms with Gasteiger partial charge in [0.05, 0.1) is 34.7 Å². The fourth-order valence-corrected chi connectivity index (χ4v) is 4.02. The molecule has 4 rings (SSSR count). The van der Waals surface area contributed by atoms with Crippen molar-refractivity contribution in [2.24, 2.45) is 0 Å². The first-order valence-electron chi connectivity index (χ1n) is 11.3. The molecule has 2 aromatic carbocycles. The first kappa shape index (κ1) is 24.2. The summed E-state index contributed by atoms with van der Waals surface area (Å²) in [4.78, 5) is 15.1. The molecule has 35 heavy (non-hydrogen) atoms. The van der Waals surface area contributed by atoms with Crippen LogP contribution in [-0.4, -0.2) is 59.9 Å². The number of quaternary nitrogens is 1. The maximum Gasteiger partial charge on any atom is 0.156 e. The van der Waals surface area contributed by atoms with Crippen molar-refractivity contribution in [2.45, 2.75) is 13.0 Å². The molecular weight excluding hydrogens is 445 g/mol. The number of halogens is 1. The Bertz CT molecular complexity index is 1400. The number of nitrogens with one attached hydrogen (secondary N) is 2. The summed E-state index contributed by atoms with van der Waals surface area (Å²) in [5.41, 5.74) is 3.00. The van der Waals surface area contributed by atoms with Gasteiger partial charge in [0, 0.05) is 24.3 Å². The third-order valence-corrected chi connectivity index (χ3v) is 5.46. The third kappa shape index (κ3) is 5.26. The minimum absolute atomic E-state index is 0.134. The molecule has 2 heterocycles. The molecule has 0 unspecified atom stereocenters. The zero-order chi connectivity index (χ0) is 24.9. The normalized spacial score (nSPS) is 12.8. The van der Waals surface area contributed by atoms with Crippen LogP contribution in [0.4, 0.5) is 15.9 Å². The van der Waals surface area contributed by atoms with Crippen LogP contribution in [0.15, 0.2) is 55.1 Å². The topological polar surface area (TPSA) is 104 Å². The van der Waals surface area contributed by atoms with E-state index in [1.54, 1.807) is 30.5 Å². The molecule has 180 valence electrons. The Morgan fingerprint density at radius 3 is 2.77 bits per heavy atom. The Labute approximate surface area is 203 Å². The van der Waals surface area contributed by atoms with Gasteiger partial charge in [-0.1, -0.05) is 0 Å². The summed E-state index contributed by atoms with van der Waals surface area (Å²) in [7, 11) is 5.86. The Kier molecular flexibility index (Phi) is 7.28. The second-order valence-corrected chi connectivity index (χ2v) is 8.50. The first-order valence-corrected chi connectivity index (χ1v) is 11.3. The summed E-state index contributed by atoms with van der Waals surface area (Å²) in [5, 5.41) is 13.9. The third-order valence-electron chi connectivity index (χ3n) is 5.46. The predicted octanol–water partition coefficient (Wildman–Crippen LogP) is 3.57. The molecule has 0 spiro atoms. The van der Waals surface area contributed by atoms with Crippen LogP contribution in [0.25, 0.3) is 27.4 Å². The second-order valence-electron chi connectivity index (χ2n) is 8.50. The molecule has 0 saturated carbocycles. The lowest BCUT2D eigenvalue weighted by Gasteiger charge is -2.21. The largest absolute Gasteiger partial charge is 0.489 e. The van der Waals surface area contributed by atoms with Gasteiger partial charge in [0.2, 0.25) is 0 Å². The lowest BCUT2D eigenvalue weighted by Crippen LogP contribution is -2.72. The van der Waals surface area contributed by atoms with Crippen molar-refractivity contribution in [3.05, 3.63) is 66.5 Å². The number of fused-ring (bicyclic) bond motifs is 2. The molecule has 0 amide bonds. The van der Waals surface area contributed by atoms with Crippen molar-refractivity contribution in [1.82, 2.24) is 19.9 Å². The van der Waals surface area contributed by atoms with Crippen molar-refractivity contribution in [1.29, 1.82) is 5.41 Å². The maximum atomic E-state index is 15.3. The number of nitrogens with zero attached hydrogens (tertiary/aromatic N) is 4. The van der Waals surface area contributed by atoms with Crippen LogP contribution in [0.2, 0.25) is 0 Å². The quantitative estimate of drug-likeness (QED) is 0.321. The molecular formula is C26H29FN7O+. The number of allylic oxidation sites excluding steroid dienone is 1. The van der Waals surface area contributed by atoms with Crippen molar-refractivity contribution >= 4 is 45.1 Å². The fraction of sp³-hybridized carbons (Fsp3) is 0.231. The zero-order valence-electron chi connectivity index (χ0n) is 20.2. The smallest absolute Gasteiger partial charge is 0.156 e. The lowest BCUT2D eigenvalue weighted by atomic mass is 10.0. The number of benzene rings is 2. The van der Waals surface area contributed by atoms with E-state index in [2.05, 4.69) is 20.3 Å². The van der Waals surface area contributed by atoms with Crippen molar-refractivity contribution < 1.29 is 14.4 Å². The highest BCUT2D eigenvalue weighted by Crippen LogP contribution is 2.36. The molecule has 0 bridgehead atoms. The Morgan fingerprint density at radius 2 is 2.03 bits per heavy atom. The highest BCUT2D eigenvalue weighted by molar-refractivity contribution is 6.10. The standard InChI is InChI=1S/C26H28FN7O/c1-16(14-34(3)4)35-23-11-17(18(12-28)13-29-2)10-22-24(23)26(32-15-31-22)33-21-8-7-20-19(25(21)27)6-5-9-30-20/h5-13,15-16,28-29H,14H2,1-4H3,(H,31,32,33)/p+1/b18-13+,28-12?/t16-/m1/s1. The molecule has 0 aliphatic heterocycles. The molecule has 2 aromatic heterocycles. The molecule has 0 aliphatic rings. The molecule has 0 aliphatic carbocycles. The van der Waals surface area contributed by atoms with Crippen LogP contribution in [0.5, 0.6) is 5.75 Å². The highest BCUT2D eigenvalue weighted by atomic mass is 19.1. The zero-order valence-corrected chi connectivity index (χ0v) is 20.2. The molecule has 0 fully saturated rings. The number of pyridine rings is 1. The Balaban J connectivity index is 1.86. The van der Waals surface area contributed by atoms with Crippen LogP contribution >= 0.6 is 0 Å². The van der Waals surface area contributed by atoms with Gasteiger partial charge in [-0.3, -0.25) is 4.98 Å². The minimum Gasteiger partial charge on any atom is -0.489 e. The summed E-state index contributed by atoms with van der Waals surface area (Å²) in [6.45, 7) is 2.68. The van der Waals surface area contributed by atoms with E-state index in [1.165, 1.54) is 12.5 Å². The minimum atomic E-state index is -0.407. The van der Waals surface area contributed by atoms with Crippen molar-refractivity contribution in [3.63, 3.8) is 0 Å². The monoisotopic (exact) mass is 474 g/mol. The molecule has 4 N–H and O–H groups in total. The van der Waals surface area contributed by atoms with E-state index in [4.69, 9.17) is 10.1 Å². The summed E-state index contributed by atoms with van der Waals surface area (Å²) in [6.07, 6.45) is 6.09. The average molecular weight is 475 g/mol. The summed E-state index contributed by atoms with van der Waals surface area (Å²) >= 11 is 0. The van der Waals surface area contributed by atoms with Gasteiger partial charge >= 0.3 is 0 Å². The van der Waals surface area contributed by atoms with Crippen LogP contribution in [0, 0.1) is 11.2 Å². The second kappa shape index (κ2) is 10.5. The van der Waals surface area contributed by atoms with E-state index in [0.29, 0.717) is 39.9 Å². The van der Waals surface area contributed by atoms with Crippen molar-refractivity contribution in [3.8, 4) is 5.75 Å². The van der Waals surface area contributed by atoms with Gasteiger partial charge in [0.1, 0.15) is 30.2 Å². The molecule has 4 aromatic rings. The number of likely N-dealkylation sites (N-methyl/N-ethyl adjacent to an activating group) is 1. The first-order chi connectivity index (χ1) is 16.9. The summed E-state index contributed by atoms with van der Waals surface area (Å²) < 4.78 is 21.6. The van der Waals surface area contributed by atoms with Gasteiger partial charge in [0.25, 0.3) is 0 Å². The van der Waals surface area contributed by atoms with Gasteiger partial charge in [-0.15, -0.1) is 0 Å². The SMILES string of the molecule is C[NH2+]/C=C(\C=N)c1cc(O[C@H](C)CN(C)C)c2c(Nc3ccc4ncccc4c3F)ncnc2c1. The average Bonchev–Trinajstić information content (AvgIpc) is 2.83. The number of nitrogens with two attached hydrogens (primary N) is 1. The van der Waals surface area contributed by atoms with E-state index < -0.39 is 5.82 Å². The number of ether oxygens (including phenoxy) is 1. The van der Waals surface area contributed by atoms with E-state index in [9.17, 15) is 0 Å². The number of hydrogen-bond acceptors (Lipinski definition) is 7. The summed E-state index contributed by atoms with van der Waals surface area (Å²) in [5.74, 6) is 0.579. The van der Waals surface area contributed by atoms with E-state index >= 15 is 4.39 Å². The van der Waals surface area contributed by atoms with Gasteiger partial charge in [-0.25, -0.2) is 14.4 Å².